The summed E-state index contributed by atoms with van der Waals surface area (Å²) in [5.41, 5.74) is 2.56. The van der Waals surface area contributed by atoms with Crippen molar-refractivity contribution in [3.05, 3.63) is 96.1 Å². The lowest BCUT2D eigenvalue weighted by molar-refractivity contribution is -0.116. The van der Waals surface area contributed by atoms with Crippen molar-refractivity contribution < 1.29 is 14.0 Å². The third kappa shape index (κ3) is 4.61. The second-order valence-corrected chi connectivity index (χ2v) is 7.16. The van der Waals surface area contributed by atoms with Crippen LogP contribution in [0.2, 0.25) is 0 Å². The molecule has 0 spiro atoms. The van der Waals surface area contributed by atoms with Crippen LogP contribution in [-0.4, -0.2) is 21.4 Å². The molecule has 0 aliphatic heterocycles. The molecule has 1 heterocycles. The van der Waals surface area contributed by atoms with Gasteiger partial charge in [-0.05, 0) is 55.5 Å². The van der Waals surface area contributed by atoms with Crippen molar-refractivity contribution in [1.29, 1.82) is 0 Å². The Morgan fingerprint density at radius 1 is 0.968 bits per heavy atom. The largest absolute Gasteiger partial charge is 0.342 e. The number of nitrogens with zero attached hydrogens (tertiary/aromatic N) is 2. The lowest BCUT2D eigenvalue weighted by Crippen LogP contribution is -2.30. The zero-order valence-corrected chi connectivity index (χ0v) is 16.9. The maximum atomic E-state index is 13.1. The van der Waals surface area contributed by atoms with Crippen LogP contribution in [0.1, 0.15) is 29.1 Å². The van der Waals surface area contributed by atoms with Crippen LogP contribution < -0.4 is 10.6 Å². The SMILES string of the molecule is CC(NC(=O)c1ccccc1)c1nc2ccccc2n1CC(=O)Nc1ccc(F)cc1. The molecule has 0 fully saturated rings. The molecule has 0 aliphatic carbocycles. The highest BCUT2D eigenvalue weighted by molar-refractivity contribution is 5.94. The van der Waals surface area contributed by atoms with Gasteiger partial charge < -0.3 is 15.2 Å². The molecule has 0 saturated carbocycles. The second kappa shape index (κ2) is 8.79. The summed E-state index contributed by atoms with van der Waals surface area (Å²) in [5, 5.41) is 5.71. The lowest BCUT2D eigenvalue weighted by Gasteiger charge is -2.16. The Bertz CT molecular complexity index is 1220. The Morgan fingerprint density at radius 3 is 2.39 bits per heavy atom. The number of aromatic nitrogens is 2. The molecule has 0 bridgehead atoms. The van der Waals surface area contributed by atoms with Crippen LogP contribution in [0, 0.1) is 5.82 Å². The van der Waals surface area contributed by atoms with E-state index in [1.54, 1.807) is 28.8 Å². The van der Waals surface area contributed by atoms with E-state index in [0.29, 0.717) is 17.1 Å². The van der Waals surface area contributed by atoms with Crippen molar-refractivity contribution in [2.45, 2.75) is 19.5 Å². The van der Waals surface area contributed by atoms with Gasteiger partial charge in [0.15, 0.2) is 0 Å². The average Bonchev–Trinajstić information content (AvgIpc) is 3.14. The molecule has 0 saturated heterocycles. The molecule has 0 aliphatic rings. The monoisotopic (exact) mass is 416 g/mol. The summed E-state index contributed by atoms with van der Waals surface area (Å²) in [7, 11) is 0. The Labute approximate surface area is 178 Å². The van der Waals surface area contributed by atoms with Gasteiger partial charge in [0, 0.05) is 11.3 Å². The van der Waals surface area contributed by atoms with Crippen molar-refractivity contribution in [2.24, 2.45) is 0 Å². The van der Waals surface area contributed by atoms with Gasteiger partial charge in [0.25, 0.3) is 5.91 Å². The number of hydrogen-bond donors (Lipinski definition) is 2. The van der Waals surface area contributed by atoms with E-state index in [9.17, 15) is 14.0 Å². The summed E-state index contributed by atoms with van der Waals surface area (Å²) >= 11 is 0. The van der Waals surface area contributed by atoms with Crippen LogP contribution in [0.5, 0.6) is 0 Å². The molecule has 4 aromatic rings. The molecular formula is C24H21FN4O2. The minimum Gasteiger partial charge on any atom is -0.342 e. The number of hydrogen-bond acceptors (Lipinski definition) is 3. The first-order chi connectivity index (χ1) is 15.0. The summed E-state index contributed by atoms with van der Waals surface area (Å²) in [6, 6.07) is 21.5. The first-order valence-corrected chi connectivity index (χ1v) is 9.88. The van der Waals surface area contributed by atoms with Crippen LogP contribution in [0.3, 0.4) is 0 Å². The van der Waals surface area contributed by atoms with E-state index in [1.807, 2.05) is 37.3 Å². The van der Waals surface area contributed by atoms with Gasteiger partial charge in [0.05, 0.1) is 17.1 Å². The number of halogens is 1. The van der Waals surface area contributed by atoms with Gasteiger partial charge in [-0.1, -0.05) is 30.3 Å². The number of benzene rings is 3. The number of para-hydroxylation sites is 2. The van der Waals surface area contributed by atoms with Crippen molar-refractivity contribution in [3.8, 4) is 0 Å². The maximum absolute atomic E-state index is 13.1. The lowest BCUT2D eigenvalue weighted by atomic mass is 10.2. The molecule has 6 nitrogen and oxygen atoms in total. The molecule has 3 aromatic carbocycles. The van der Waals surface area contributed by atoms with Gasteiger partial charge in [-0.25, -0.2) is 9.37 Å². The highest BCUT2D eigenvalue weighted by Crippen LogP contribution is 2.21. The summed E-state index contributed by atoms with van der Waals surface area (Å²) in [4.78, 5) is 29.9. The van der Waals surface area contributed by atoms with Gasteiger partial charge in [0.2, 0.25) is 5.91 Å². The third-order valence-corrected chi connectivity index (χ3v) is 4.88. The van der Waals surface area contributed by atoms with Gasteiger partial charge in [-0.2, -0.15) is 0 Å². The zero-order valence-electron chi connectivity index (χ0n) is 16.9. The molecule has 31 heavy (non-hydrogen) atoms. The molecule has 1 aromatic heterocycles. The van der Waals surface area contributed by atoms with Gasteiger partial charge in [-0.15, -0.1) is 0 Å². The van der Waals surface area contributed by atoms with E-state index in [4.69, 9.17) is 0 Å². The quantitative estimate of drug-likeness (QED) is 0.492. The fourth-order valence-corrected chi connectivity index (χ4v) is 3.40. The van der Waals surface area contributed by atoms with E-state index in [0.717, 1.165) is 11.0 Å². The molecule has 1 unspecified atom stereocenters. The van der Waals surface area contributed by atoms with E-state index in [-0.39, 0.29) is 24.2 Å². The van der Waals surface area contributed by atoms with Gasteiger partial charge >= 0.3 is 0 Å². The molecule has 1 atom stereocenters. The van der Waals surface area contributed by atoms with Crippen molar-refractivity contribution in [1.82, 2.24) is 14.9 Å². The average molecular weight is 416 g/mol. The van der Waals surface area contributed by atoms with Crippen molar-refractivity contribution in [3.63, 3.8) is 0 Å². The highest BCUT2D eigenvalue weighted by atomic mass is 19.1. The topological polar surface area (TPSA) is 76.0 Å². The number of anilines is 1. The fourth-order valence-electron chi connectivity index (χ4n) is 3.40. The Morgan fingerprint density at radius 2 is 1.65 bits per heavy atom. The first kappa shape index (κ1) is 20.3. The first-order valence-electron chi connectivity index (χ1n) is 9.88. The molecule has 2 N–H and O–H groups in total. The van der Waals surface area contributed by atoms with Gasteiger partial charge in [0.1, 0.15) is 18.2 Å². The molecule has 2 amide bonds. The second-order valence-electron chi connectivity index (χ2n) is 7.16. The predicted octanol–water partition coefficient (Wildman–Crippen LogP) is 4.31. The smallest absolute Gasteiger partial charge is 0.251 e. The minimum atomic E-state index is -0.432. The summed E-state index contributed by atoms with van der Waals surface area (Å²) < 4.78 is 14.9. The van der Waals surface area contributed by atoms with E-state index in [2.05, 4.69) is 15.6 Å². The summed E-state index contributed by atoms with van der Waals surface area (Å²) in [6.45, 7) is 1.83. The molecule has 156 valence electrons. The molecular weight excluding hydrogens is 395 g/mol. The van der Waals surface area contributed by atoms with E-state index >= 15 is 0 Å². The van der Waals surface area contributed by atoms with E-state index < -0.39 is 6.04 Å². The van der Waals surface area contributed by atoms with Crippen LogP contribution in [0.4, 0.5) is 10.1 Å². The van der Waals surface area contributed by atoms with Crippen molar-refractivity contribution >= 4 is 28.5 Å². The minimum absolute atomic E-state index is 0.00122. The number of imidazole rings is 1. The zero-order chi connectivity index (χ0) is 21.8. The summed E-state index contributed by atoms with van der Waals surface area (Å²) in [5.74, 6) is -0.302. The molecule has 4 rings (SSSR count). The number of carbonyl (C=O) groups is 2. The Kier molecular flexibility index (Phi) is 5.75. The van der Waals surface area contributed by atoms with Crippen LogP contribution in [-0.2, 0) is 11.3 Å². The fraction of sp³-hybridized carbons (Fsp3) is 0.125. The third-order valence-electron chi connectivity index (χ3n) is 4.88. The predicted molar refractivity (Wildman–Crippen MR) is 117 cm³/mol. The van der Waals surface area contributed by atoms with Crippen molar-refractivity contribution in [2.75, 3.05) is 5.32 Å². The highest BCUT2D eigenvalue weighted by Gasteiger charge is 2.20. The maximum Gasteiger partial charge on any atom is 0.251 e. The van der Waals surface area contributed by atoms with E-state index in [1.165, 1.54) is 24.3 Å². The number of amides is 2. The van der Waals surface area contributed by atoms with Crippen LogP contribution in [0.25, 0.3) is 11.0 Å². The standard InChI is InChI=1S/C24H21FN4O2/c1-16(26-24(31)17-7-3-2-4-8-17)23-28-20-9-5-6-10-21(20)29(23)15-22(30)27-19-13-11-18(25)12-14-19/h2-14,16H,15H2,1H3,(H,26,31)(H,27,30). The normalized spacial score (nSPS) is 11.8. The number of nitrogens with one attached hydrogen (secondary N) is 2. The van der Waals surface area contributed by atoms with Crippen LogP contribution in [0.15, 0.2) is 78.9 Å². The summed E-state index contributed by atoms with van der Waals surface area (Å²) in [6.07, 6.45) is 0. The Balaban J connectivity index is 1.58. The van der Waals surface area contributed by atoms with Crippen LogP contribution >= 0.6 is 0 Å². The van der Waals surface area contributed by atoms with Gasteiger partial charge in [-0.3, -0.25) is 9.59 Å². The number of fused-ring (bicyclic) bond motifs is 1. The molecule has 7 heteroatoms. The molecule has 0 radical (unpaired) electrons. The number of rotatable bonds is 6. The number of carbonyl (C=O) groups excluding carboxylic acids is 2. The Hall–Kier alpha value is -4.00.